The Morgan fingerprint density at radius 2 is 1.80 bits per heavy atom. The number of rotatable bonds is 4. The number of allylic oxidation sites excluding steroid dienone is 1. The van der Waals surface area contributed by atoms with E-state index in [0.717, 1.165) is 18.1 Å². The molecule has 86 valence electrons. The molecule has 1 heteroatoms. The first-order valence-electron chi connectivity index (χ1n) is 6.17. The largest absolute Gasteiger partial charge is 0.262 e. The van der Waals surface area contributed by atoms with Crippen LogP contribution in [0.5, 0.6) is 0 Å². The van der Waals surface area contributed by atoms with Crippen LogP contribution in [0.2, 0.25) is 0 Å². The van der Waals surface area contributed by atoms with E-state index in [-0.39, 0.29) is 0 Å². The van der Waals surface area contributed by atoms with Gasteiger partial charge >= 0.3 is 0 Å². The lowest BCUT2D eigenvalue weighted by Crippen LogP contribution is -2.10. The molecule has 0 saturated heterocycles. The first-order chi connectivity index (χ1) is 7.36. The minimum atomic E-state index is 0.838. The van der Waals surface area contributed by atoms with Crippen molar-refractivity contribution < 1.29 is 0 Å². The van der Waals surface area contributed by atoms with Gasteiger partial charge in [-0.1, -0.05) is 59.1 Å². The lowest BCUT2D eigenvalue weighted by atomic mass is 9.85. The molecule has 1 nitrogen and oxygen atoms in total. The van der Waals surface area contributed by atoms with Gasteiger partial charge in [0.05, 0.1) is 0 Å². The summed E-state index contributed by atoms with van der Waals surface area (Å²) < 4.78 is 0. The molecule has 0 aliphatic heterocycles. The number of hydrogen-bond donors (Lipinski definition) is 0. The highest BCUT2D eigenvalue weighted by Crippen LogP contribution is 2.26. The normalized spacial score (nSPS) is 17.6. The smallest absolute Gasteiger partial charge is 0.0400 e. The number of hydrogen-bond acceptors (Lipinski definition) is 1. The molecule has 0 aromatic carbocycles. The summed E-state index contributed by atoms with van der Waals surface area (Å²) in [7, 11) is 0. The SMILES string of the molecule is C=CN=C(C=C)CC1CCCCC1.CC. The number of aliphatic imine (C=N–C) groups is 1. The first kappa shape index (κ1) is 14.2. The van der Waals surface area contributed by atoms with Gasteiger partial charge in [0.1, 0.15) is 0 Å². The minimum absolute atomic E-state index is 0.838. The molecule has 0 aromatic heterocycles. The highest BCUT2D eigenvalue weighted by Gasteiger charge is 2.14. The summed E-state index contributed by atoms with van der Waals surface area (Å²) in [6.07, 6.45) is 11.5. The van der Waals surface area contributed by atoms with E-state index in [9.17, 15) is 0 Å². The van der Waals surface area contributed by atoms with Crippen LogP contribution in [-0.2, 0) is 0 Å². The molecule has 1 saturated carbocycles. The van der Waals surface area contributed by atoms with Crippen LogP contribution in [0, 0.1) is 5.92 Å². The van der Waals surface area contributed by atoms with Gasteiger partial charge < -0.3 is 0 Å². The fourth-order valence-electron chi connectivity index (χ4n) is 1.99. The second kappa shape index (κ2) is 9.70. The number of nitrogens with zero attached hydrogens (tertiary/aromatic N) is 1. The van der Waals surface area contributed by atoms with Gasteiger partial charge in [0.25, 0.3) is 0 Å². The maximum atomic E-state index is 4.20. The third kappa shape index (κ3) is 6.27. The standard InChI is InChI=1S/C12H19N.C2H6/c1-3-12(13-4-2)10-11-8-6-5-7-9-11;1-2/h3-4,11H,1-2,5-10H2;1-2H3. The van der Waals surface area contributed by atoms with Crippen molar-refractivity contribution in [2.75, 3.05) is 0 Å². The topological polar surface area (TPSA) is 12.4 Å². The Morgan fingerprint density at radius 1 is 1.20 bits per heavy atom. The van der Waals surface area contributed by atoms with E-state index in [1.165, 1.54) is 32.1 Å². The molecular weight excluding hydrogens is 182 g/mol. The Labute approximate surface area is 95.0 Å². The summed E-state index contributed by atoms with van der Waals surface area (Å²) in [6, 6.07) is 0. The van der Waals surface area contributed by atoms with E-state index in [0.29, 0.717) is 0 Å². The second-order valence-electron chi connectivity index (χ2n) is 3.72. The maximum Gasteiger partial charge on any atom is 0.0400 e. The second-order valence-corrected chi connectivity index (χ2v) is 3.72. The van der Waals surface area contributed by atoms with Gasteiger partial charge in [-0.2, -0.15) is 0 Å². The summed E-state index contributed by atoms with van der Waals surface area (Å²) in [5, 5.41) is 0. The quantitative estimate of drug-likeness (QED) is 0.590. The van der Waals surface area contributed by atoms with Crippen molar-refractivity contribution in [1.82, 2.24) is 0 Å². The zero-order valence-corrected chi connectivity index (χ0v) is 10.3. The summed E-state index contributed by atoms with van der Waals surface area (Å²) in [5.41, 5.74) is 1.10. The van der Waals surface area contributed by atoms with Gasteiger partial charge in [0.15, 0.2) is 0 Å². The van der Waals surface area contributed by atoms with Crippen LogP contribution >= 0.6 is 0 Å². The lowest BCUT2D eigenvalue weighted by molar-refractivity contribution is 0.368. The van der Waals surface area contributed by atoms with Crippen molar-refractivity contribution >= 4 is 5.71 Å². The molecule has 0 spiro atoms. The molecule has 0 radical (unpaired) electrons. The van der Waals surface area contributed by atoms with Crippen molar-refractivity contribution in [3.8, 4) is 0 Å². The summed E-state index contributed by atoms with van der Waals surface area (Å²) in [6.45, 7) is 11.4. The fourth-order valence-corrected chi connectivity index (χ4v) is 1.99. The molecule has 0 amide bonds. The molecule has 1 rings (SSSR count). The van der Waals surface area contributed by atoms with Gasteiger partial charge in [0.2, 0.25) is 0 Å². The highest BCUT2D eigenvalue weighted by atomic mass is 14.7. The fraction of sp³-hybridized carbons (Fsp3) is 0.643. The van der Waals surface area contributed by atoms with Gasteiger partial charge in [-0.25, -0.2) is 0 Å². The van der Waals surface area contributed by atoms with E-state index in [1.54, 1.807) is 6.20 Å². The van der Waals surface area contributed by atoms with Crippen LogP contribution in [0.25, 0.3) is 0 Å². The Morgan fingerprint density at radius 3 is 2.27 bits per heavy atom. The first-order valence-corrected chi connectivity index (χ1v) is 6.17. The van der Waals surface area contributed by atoms with Crippen molar-refractivity contribution in [2.45, 2.75) is 52.4 Å². The average molecular weight is 207 g/mol. The lowest BCUT2D eigenvalue weighted by Gasteiger charge is -2.21. The van der Waals surface area contributed by atoms with Gasteiger partial charge in [-0.05, 0) is 18.4 Å². The minimum Gasteiger partial charge on any atom is -0.262 e. The van der Waals surface area contributed by atoms with Crippen LogP contribution in [-0.4, -0.2) is 5.71 Å². The van der Waals surface area contributed by atoms with Crippen LogP contribution in [0.3, 0.4) is 0 Å². The van der Waals surface area contributed by atoms with Gasteiger partial charge in [-0.3, -0.25) is 4.99 Å². The van der Waals surface area contributed by atoms with Crippen molar-refractivity contribution in [2.24, 2.45) is 10.9 Å². The van der Waals surface area contributed by atoms with Crippen LogP contribution < -0.4 is 0 Å². The molecule has 0 bridgehead atoms. The third-order valence-electron chi connectivity index (χ3n) is 2.72. The monoisotopic (exact) mass is 207 g/mol. The Bertz CT molecular complexity index is 197. The maximum absolute atomic E-state index is 4.20. The molecule has 0 unspecified atom stereocenters. The van der Waals surface area contributed by atoms with Crippen LogP contribution in [0.15, 0.2) is 30.4 Å². The predicted octanol–water partition coefficient (Wildman–Crippen LogP) is 4.75. The predicted molar refractivity (Wildman–Crippen MR) is 70.4 cm³/mol. The molecule has 1 fully saturated rings. The molecule has 15 heavy (non-hydrogen) atoms. The van der Waals surface area contributed by atoms with Gasteiger partial charge in [-0.15, -0.1) is 0 Å². The van der Waals surface area contributed by atoms with E-state index in [4.69, 9.17) is 0 Å². The summed E-state index contributed by atoms with van der Waals surface area (Å²) >= 11 is 0. The molecule has 1 aliphatic carbocycles. The zero-order chi connectivity index (χ0) is 11.5. The van der Waals surface area contributed by atoms with Crippen molar-refractivity contribution in [3.63, 3.8) is 0 Å². The molecular formula is C14H25N. The van der Waals surface area contributed by atoms with Crippen LogP contribution in [0.4, 0.5) is 0 Å². The molecule has 0 aromatic rings. The third-order valence-corrected chi connectivity index (χ3v) is 2.72. The Kier molecular flexibility index (Phi) is 9.15. The molecule has 1 aliphatic rings. The molecule has 0 N–H and O–H groups in total. The van der Waals surface area contributed by atoms with Crippen molar-refractivity contribution in [1.29, 1.82) is 0 Å². The highest BCUT2D eigenvalue weighted by molar-refractivity contribution is 5.94. The van der Waals surface area contributed by atoms with E-state index < -0.39 is 0 Å². The average Bonchev–Trinajstić information content (AvgIpc) is 2.32. The van der Waals surface area contributed by atoms with Crippen molar-refractivity contribution in [3.05, 3.63) is 25.4 Å². The molecule has 0 atom stereocenters. The molecule has 0 heterocycles. The van der Waals surface area contributed by atoms with E-state index in [1.807, 2.05) is 19.9 Å². The van der Waals surface area contributed by atoms with E-state index in [2.05, 4.69) is 18.2 Å². The van der Waals surface area contributed by atoms with Crippen LogP contribution in [0.1, 0.15) is 52.4 Å². The van der Waals surface area contributed by atoms with E-state index >= 15 is 0 Å². The van der Waals surface area contributed by atoms with Gasteiger partial charge in [0, 0.05) is 11.9 Å². The summed E-state index contributed by atoms with van der Waals surface area (Å²) in [4.78, 5) is 4.20. The summed E-state index contributed by atoms with van der Waals surface area (Å²) in [5.74, 6) is 0.838. The zero-order valence-electron chi connectivity index (χ0n) is 10.3. The Balaban J connectivity index is 0.000000921. The Hall–Kier alpha value is -0.850.